The van der Waals surface area contributed by atoms with Gasteiger partial charge in [0, 0.05) is 17.2 Å². The Labute approximate surface area is 215 Å². The quantitative estimate of drug-likeness (QED) is 0.294. The molecule has 0 saturated heterocycles. The molecule has 2 N–H and O–H groups in total. The summed E-state index contributed by atoms with van der Waals surface area (Å²) in [6.07, 6.45) is 1.97. The van der Waals surface area contributed by atoms with Gasteiger partial charge in [0.05, 0.1) is 5.69 Å². The normalized spacial score (nSPS) is 15.7. The minimum absolute atomic E-state index is 0.232. The Balaban J connectivity index is 1.33. The molecule has 8 nitrogen and oxygen atoms in total. The smallest absolute Gasteiger partial charge is 0.405 e. The summed E-state index contributed by atoms with van der Waals surface area (Å²) >= 11 is 0. The molecule has 1 atom stereocenters. The molecule has 0 radical (unpaired) electrons. The van der Waals surface area contributed by atoms with E-state index in [0.29, 0.717) is 37.1 Å². The number of hydrogen-bond donors (Lipinski definition) is 2. The van der Waals surface area contributed by atoms with Crippen LogP contribution in [-0.4, -0.2) is 26.3 Å². The number of nitrogens with one attached hydrogen (secondary N) is 1. The van der Waals surface area contributed by atoms with E-state index in [0.717, 1.165) is 17.0 Å². The first-order valence-corrected chi connectivity index (χ1v) is 12.4. The third-order valence-corrected chi connectivity index (χ3v) is 7.40. The van der Waals surface area contributed by atoms with Crippen LogP contribution in [0.4, 0.5) is 4.79 Å². The van der Waals surface area contributed by atoms with Gasteiger partial charge >= 0.3 is 6.09 Å². The average Bonchev–Trinajstić information content (AvgIpc) is 3.50. The lowest BCUT2D eigenvalue weighted by Crippen LogP contribution is -2.33. The lowest BCUT2D eigenvalue weighted by molar-refractivity contribution is 0.183. The summed E-state index contributed by atoms with van der Waals surface area (Å²) < 4.78 is 11.3. The van der Waals surface area contributed by atoms with Gasteiger partial charge in [-0.25, -0.2) is 4.79 Å². The van der Waals surface area contributed by atoms with E-state index in [1.807, 2.05) is 42.5 Å². The lowest BCUT2D eigenvalue weighted by Gasteiger charge is -2.35. The van der Waals surface area contributed by atoms with E-state index in [1.54, 1.807) is 6.20 Å². The monoisotopic (exact) mass is 498 g/mol. The van der Waals surface area contributed by atoms with Crippen molar-refractivity contribution in [2.45, 2.75) is 51.2 Å². The van der Waals surface area contributed by atoms with Gasteiger partial charge in [0.2, 0.25) is 5.82 Å². The Hall–Kier alpha value is -4.20. The molecule has 1 amide bonds. The van der Waals surface area contributed by atoms with Crippen molar-refractivity contribution >= 4 is 6.09 Å². The minimum Gasteiger partial charge on any atom is -0.487 e. The largest absolute Gasteiger partial charge is 0.487 e. The van der Waals surface area contributed by atoms with Crippen molar-refractivity contribution in [2.24, 2.45) is 5.92 Å². The van der Waals surface area contributed by atoms with Crippen molar-refractivity contribution in [1.29, 1.82) is 0 Å². The third kappa shape index (κ3) is 4.91. The number of rotatable bonds is 9. The van der Waals surface area contributed by atoms with Crippen LogP contribution in [0, 0.1) is 5.92 Å². The Morgan fingerprint density at radius 3 is 2.32 bits per heavy atom. The average molecular weight is 499 g/mol. The van der Waals surface area contributed by atoms with E-state index in [4.69, 9.17) is 14.4 Å². The fraction of sp³-hybridized carbons (Fsp3) is 0.310. The molecule has 8 heteroatoms. The second-order valence-electron chi connectivity index (χ2n) is 10.0. The number of hydrogen-bond acceptors (Lipinski definition) is 6. The Bertz CT molecular complexity index is 1360. The highest BCUT2D eigenvalue weighted by atomic mass is 16.5. The molecule has 0 bridgehead atoms. The SMILES string of the molecule is CC(C)C(C)(c1ccc(OCc2ccccn2)cc1)c1ccc(-c2noc(C3(NC(=O)O)CC3)n2)cc1. The Morgan fingerprint density at radius 2 is 1.76 bits per heavy atom. The second kappa shape index (κ2) is 9.69. The van der Waals surface area contributed by atoms with Crippen LogP contribution >= 0.6 is 0 Å². The van der Waals surface area contributed by atoms with Crippen LogP contribution in [0.1, 0.15) is 56.3 Å². The van der Waals surface area contributed by atoms with Crippen LogP contribution in [0.2, 0.25) is 0 Å². The maximum absolute atomic E-state index is 11.1. The molecule has 1 unspecified atom stereocenters. The van der Waals surface area contributed by atoms with Gasteiger partial charge in [0.25, 0.3) is 5.89 Å². The first-order chi connectivity index (χ1) is 17.8. The standard InChI is InChI=1S/C29H30N4O4/c1-19(2)28(3,22-11-13-24(14-12-22)36-18-23-6-4-5-17-30-23)21-9-7-20(8-10-21)25-31-26(37-33-25)29(15-16-29)32-27(34)35/h4-14,17,19,32H,15-16,18H2,1-3H3,(H,34,35). The van der Waals surface area contributed by atoms with Crippen molar-refractivity contribution in [2.75, 3.05) is 0 Å². The molecule has 2 heterocycles. The summed E-state index contributed by atoms with van der Waals surface area (Å²) in [6.45, 7) is 7.11. The number of pyridine rings is 1. The number of benzene rings is 2. The zero-order valence-corrected chi connectivity index (χ0v) is 21.1. The molecule has 1 fully saturated rings. The van der Waals surface area contributed by atoms with Crippen molar-refractivity contribution < 1.29 is 19.2 Å². The first-order valence-electron chi connectivity index (χ1n) is 12.4. The number of carbonyl (C=O) groups is 1. The zero-order valence-electron chi connectivity index (χ0n) is 21.1. The number of nitrogens with zero attached hydrogens (tertiary/aromatic N) is 3. The van der Waals surface area contributed by atoms with Crippen molar-refractivity contribution in [1.82, 2.24) is 20.4 Å². The van der Waals surface area contributed by atoms with Crippen LogP contribution in [0.15, 0.2) is 77.4 Å². The van der Waals surface area contributed by atoms with E-state index < -0.39 is 11.6 Å². The van der Waals surface area contributed by atoms with Gasteiger partial charge in [-0.15, -0.1) is 0 Å². The molecule has 4 aromatic rings. The van der Waals surface area contributed by atoms with E-state index in [1.165, 1.54) is 11.1 Å². The molecular weight excluding hydrogens is 468 g/mol. The lowest BCUT2D eigenvalue weighted by atomic mass is 9.68. The van der Waals surface area contributed by atoms with Gasteiger partial charge in [-0.3, -0.25) is 4.98 Å². The van der Waals surface area contributed by atoms with Crippen LogP contribution < -0.4 is 10.1 Å². The molecule has 2 aromatic carbocycles. The first kappa shape index (κ1) is 24.5. The van der Waals surface area contributed by atoms with Gasteiger partial charge in [-0.05, 0) is 54.2 Å². The number of amides is 1. The molecule has 190 valence electrons. The molecule has 1 saturated carbocycles. The van der Waals surface area contributed by atoms with Crippen LogP contribution in [-0.2, 0) is 17.6 Å². The summed E-state index contributed by atoms with van der Waals surface area (Å²) in [7, 11) is 0. The number of aromatic nitrogens is 3. The number of carboxylic acid groups (broad SMARTS) is 1. The summed E-state index contributed by atoms with van der Waals surface area (Å²) in [5, 5.41) is 15.7. The topological polar surface area (TPSA) is 110 Å². The molecule has 0 aliphatic heterocycles. The van der Waals surface area contributed by atoms with E-state index in [-0.39, 0.29) is 5.41 Å². The molecule has 1 aliphatic rings. The second-order valence-corrected chi connectivity index (χ2v) is 10.0. The molecule has 1 aliphatic carbocycles. The Morgan fingerprint density at radius 1 is 1.08 bits per heavy atom. The highest BCUT2D eigenvalue weighted by Crippen LogP contribution is 2.45. The minimum atomic E-state index is -1.10. The van der Waals surface area contributed by atoms with E-state index in [2.05, 4.69) is 65.5 Å². The molecule has 5 rings (SSSR count). The molecule has 0 spiro atoms. The molecule has 2 aromatic heterocycles. The van der Waals surface area contributed by atoms with Crippen molar-refractivity contribution in [3.05, 3.63) is 95.6 Å². The van der Waals surface area contributed by atoms with Crippen LogP contribution in [0.3, 0.4) is 0 Å². The van der Waals surface area contributed by atoms with Crippen molar-refractivity contribution in [3.8, 4) is 17.1 Å². The Kier molecular flexibility index (Phi) is 6.41. The van der Waals surface area contributed by atoms with Crippen molar-refractivity contribution in [3.63, 3.8) is 0 Å². The van der Waals surface area contributed by atoms with Crippen LogP contribution in [0.25, 0.3) is 11.4 Å². The highest BCUT2D eigenvalue weighted by Gasteiger charge is 2.51. The fourth-order valence-corrected chi connectivity index (χ4v) is 4.59. The summed E-state index contributed by atoms with van der Waals surface area (Å²) in [4.78, 5) is 19.9. The molecular formula is C29H30N4O4. The maximum atomic E-state index is 11.1. The molecule has 37 heavy (non-hydrogen) atoms. The van der Waals surface area contributed by atoms with E-state index in [9.17, 15) is 4.79 Å². The summed E-state index contributed by atoms with van der Waals surface area (Å²) in [5.74, 6) is 1.88. The predicted octanol–water partition coefficient (Wildman–Crippen LogP) is 5.93. The third-order valence-electron chi connectivity index (χ3n) is 7.40. The highest BCUT2D eigenvalue weighted by molar-refractivity contribution is 5.66. The summed E-state index contributed by atoms with van der Waals surface area (Å²) in [5.41, 5.74) is 3.08. The fourth-order valence-electron chi connectivity index (χ4n) is 4.59. The van der Waals surface area contributed by atoms with Gasteiger partial charge in [0.1, 0.15) is 17.9 Å². The number of ether oxygens (including phenoxy) is 1. The van der Waals surface area contributed by atoms with Gasteiger partial charge < -0.3 is 19.7 Å². The van der Waals surface area contributed by atoms with Crippen LogP contribution in [0.5, 0.6) is 5.75 Å². The van der Waals surface area contributed by atoms with Gasteiger partial charge in [0.15, 0.2) is 0 Å². The maximum Gasteiger partial charge on any atom is 0.405 e. The van der Waals surface area contributed by atoms with E-state index >= 15 is 0 Å². The van der Waals surface area contributed by atoms with Gasteiger partial charge in [-0.2, -0.15) is 4.98 Å². The summed E-state index contributed by atoms with van der Waals surface area (Å²) in [6, 6.07) is 22.2. The predicted molar refractivity (Wildman–Crippen MR) is 138 cm³/mol. The zero-order chi connectivity index (χ0) is 26.0. The van der Waals surface area contributed by atoms with Gasteiger partial charge in [-0.1, -0.05) is 68.4 Å².